The van der Waals surface area contributed by atoms with Gasteiger partial charge in [0, 0.05) is 11.9 Å². The first-order valence-electron chi connectivity index (χ1n) is 5.19. The molecule has 0 aliphatic carbocycles. The molecule has 2 rings (SSSR count). The normalized spacial score (nSPS) is 10.5. The highest BCUT2D eigenvalue weighted by atomic mass is 16.5. The molecule has 1 aromatic carbocycles. The SMILES string of the molecule is CCn1ncc2ccc(NC(=O)O)c(OC)c21. The van der Waals surface area contributed by atoms with Crippen molar-refractivity contribution in [2.75, 3.05) is 12.4 Å². The lowest BCUT2D eigenvalue weighted by atomic mass is 10.2. The Bertz CT molecular complexity index is 562. The first-order valence-corrected chi connectivity index (χ1v) is 5.19. The van der Waals surface area contributed by atoms with Crippen LogP contribution in [-0.2, 0) is 6.54 Å². The van der Waals surface area contributed by atoms with E-state index in [-0.39, 0.29) is 0 Å². The van der Waals surface area contributed by atoms with Gasteiger partial charge in [0.2, 0.25) is 0 Å². The van der Waals surface area contributed by atoms with Crippen molar-refractivity contribution in [2.24, 2.45) is 0 Å². The van der Waals surface area contributed by atoms with Crippen molar-refractivity contribution in [1.29, 1.82) is 0 Å². The highest BCUT2D eigenvalue weighted by Gasteiger charge is 2.14. The number of amides is 1. The van der Waals surface area contributed by atoms with E-state index in [0.717, 1.165) is 10.9 Å². The van der Waals surface area contributed by atoms with E-state index in [1.807, 2.05) is 13.0 Å². The smallest absolute Gasteiger partial charge is 0.409 e. The Hall–Kier alpha value is -2.24. The van der Waals surface area contributed by atoms with Crippen molar-refractivity contribution in [3.05, 3.63) is 18.3 Å². The first kappa shape index (κ1) is 11.3. The number of ether oxygens (including phenoxy) is 1. The predicted octanol–water partition coefficient (Wildman–Crippen LogP) is 2.15. The summed E-state index contributed by atoms with van der Waals surface area (Å²) in [5.41, 5.74) is 1.21. The lowest BCUT2D eigenvalue weighted by Gasteiger charge is -2.10. The molecule has 0 bridgehead atoms. The molecule has 0 aliphatic heterocycles. The maximum Gasteiger partial charge on any atom is 0.409 e. The largest absolute Gasteiger partial charge is 0.492 e. The number of nitrogens with one attached hydrogen (secondary N) is 1. The van der Waals surface area contributed by atoms with Crippen LogP contribution in [-0.4, -0.2) is 28.1 Å². The van der Waals surface area contributed by atoms with Crippen molar-refractivity contribution in [1.82, 2.24) is 9.78 Å². The molecule has 1 amide bonds. The monoisotopic (exact) mass is 235 g/mol. The highest BCUT2D eigenvalue weighted by Crippen LogP contribution is 2.33. The second kappa shape index (κ2) is 4.32. The summed E-state index contributed by atoms with van der Waals surface area (Å²) in [5.74, 6) is 0.490. The lowest BCUT2D eigenvalue weighted by Crippen LogP contribution is -2.09. The van der Waals surface area contributed by atoms with Gasteiger partial charge in [0.1, 0.15) is 5.52 Å². The number of methoxy groups -OCH3 is 1. The van der Waals surface area contributed by atoms with Crippen LogP contribution in [0.5, 0.6) is 5.75 Å². The highest BCUT2D eigenvalue weighted by molar-refractivity contribution is 5.95. The molecule has 0 spiro atoms. The molecule has 2 aromatic rings. The van der Waals surface area contributed by atoms with Gasteiger partial charge in [0.05, 0.1) is 19.0 Å². The first-order chi connectivity index (χ1) is 8.17. The molecule has 17 heavy (non-hydrogen) atoms. The number of fused-ring (bicyclic) bond motifs is 1. The molecular weight excluding hydrogens is 222 g/mol. The maximum absolute atomic E-state index is 10.7. The molecule has 2 N–H and O–H groups in total. The van der Waals surface area contributed by atoms with E-state index >= 15 is 0 Å². The number of aryl methyl sites for hydroxylation is 1. The summed E-state index contributed by atoms with van der Waals surface area (Å²) < 4.78 is 7.04. The van der Waals surface area contributed by atoms with Gasteiger partial charge < -0.3 is 9.84 Å². The van der Waals surface area contributed by atoms with E-state index in [2.05, 4.69) is 10.4 Å². The van der Waals surface area contributed by atoms with Crippen molar-refractivity contribution >= 4 is 22.7 Å². The minimum atomic E-state index is -1.12. The topological polar surface area (TPSA) is 76.4 Å². The van der Waals surface area contributed by atoms with Crippen molar-refractivity contribution in [3.8, 4) is 5.75 Å². The van der Waals surface area contributed by atoms with Gasteiger partial charge in [-0.2, -0.15) is 5.10 Å². The van der Waals surface area contributed by atoms with Gasteiger partial charge in [-0.25, -0.2) is 4.79 Å². The lowest BCUT2D eigenvalue weighted by molar-refractivity contribution is 0.209. The maximum atomic E-state index is 10.7. The minimum absolute atomic E-state index is 0.419. The molecule has 0 fully saturated rings. The second-order valence-electron chi connectivity index (χ2n) is 3.47. The number of aromatic nitrogens is 2. The zero-order valence-electron chi connectivity index (χ0n) is 9.60. The summed E-state index contributed by atoms with van der Waals surface area (Å²) in [6.07, 6.45) is 0.608. The zero-order valence-corrected chi connectivity index (χ0v) is 9.60. The summed E-state index contributed by atoms with van der Waals surface area (Å²) in [5, 5.41) is 16.2. The molecule has 0 atom stereocenters. The molecular formula is C11H13N3O3. The van der Waals surface area contributed by atoms with E-state index < -0.39 is 6.09 Å². The Balaban J connectivity index is 2.66. The van der Waals surface area contributed by atoms with E-state index in [1.165, 1.54) is 7.11 Å². The fourth-order valence-electron chi connectivity index (χ4n) is 1.81. The third-order valence-electron chi connectivity index (χ3n) is 2.50. The fraction of sp³-hybridized carbons (Fsp3) is 0.273. The molecule has 90 valence electrons. The summed E-state index contributed by atoms with van der Waals surface area (Å²) in [7, 11) is 1.51. The third-order valence-corrected chi connectivity index (χ3v) is 2.50. The number of carbonyl (C=O) groups is 1. The average molecular weight is 235 g/mol. The van der Waals surface area contributed by atoms with Crippen molar-refractivity contribution in [2.45, 2.75) is 13.5 Å². The van der Waals surface area contributed by atoms with Crippen LogP contribution < -0.4 is 10.1 Å². The summed E-state index contributed by atoms with van der Waals surface area (Å²) in [4.78, 5) is 10.7. The Kier molecular flexibility index (Phi) is 2.86. The van der Waals surface area contributed by atoms with Gasteiger partial charge in [-0.15, -0.1) is 0 Å². The predicted molar refractivity (Wildman–Crippen MR) is 63.6 cm³/mol. The van der Waals surface area contributed by atoms with Crippen LogP contribution in [0, 0.1) is 0 Å². The number of benzene rings is 1. The van der Waals surface area contributed by atoms with Gasteiger partial charge in [0.15, 0.2) is 5.75 Å². The molecule has 0 saturated heterocycles. The third kappa shape index (κ3) is 1.89. The van der Waals surface area contributed by atoms with Gasteiger partial charge in [-0.3, -0.25) is 10.00 Å². The molecule has 1 heterocycles. The molecule has 1 aromatic heterocycles. The Morgan fingerprint density at radius 3 is 2.94 bits per heavy atom. The van der Waals surface area contributed by atoms with Crippen LogP contribution in [0.4, 0.5) is 10.5 Å². The fourth-order valence-corrected chi connectivity index (χ4v) is 1.81. The molecule has 6 nitrogen and oxygen atoms in total. The average Bonchev–Trinajstić information content (AvgIpc) is 2.71. The molecule has 0 aliphatic rings. The number of hydrogen-bond donors (Lipinski definition) is 2. The zero-order chi connectivity index (χ0) is 12.4. The van der Waals surface area contributed by atoms with E-state index in [1.54, 1.807) is 16.9 Å². The Morgan fingerprint density at radius 1 is 1.59 bits per heavy atom. The van der Waals surface area contributed by atoms with Crippen LogP contribution in [0.3, 0.4) is 0 Å². The number of rotatable bonds is 3. The van der Waals surface area contributed by atoms with Gasteiger partial charge in [0.25, 0.3) is 0 Å². The second-order valence-corrected chi connectivity index (χ2v) is 3.47. The standard InChI is InChI=1S/C11H13N3O3/c1-3-14-9-7(6-12-14)4-5-8(10(9)17-2)13-11(15)16/h4-6,13H,3H2,1-2H3,(H,15,16). The molecule has 6 heteroatoms. The Morgan fingerprint density at radius 2 is 2.35 bits per heavy atom. The van der Waals surface area contributed by atoms with Gasteiger partial charge >= 0.3 is 6.09 Å². The van der Waals surface area contributed by atoms with Crippen molar-refractivity contribution < 1.29 is 14.6 Å². The van der Waals surface area contributed by atoms with E-state index in [4.69, 9.17) is 9.84 Å². The van der Waals surface area contributed by atoms with E-state index in [0.29, 0.717) is 18.0 Å². The van der Waals surface area contributed by atoms with Crippen LogP contribution in [0.1, 0.15) is 6.92 Å². The van der Waals surface area contributed by atoms with Crippen LogP contribution in [0.15, 0.2) is 18.3 Å². The minimum Gasteiger partial charge on any atom is -0.492 e. The van der Waals surface area contributed by atoms with Crippen LogP contribution in [0.25, 0.3) is 10.9 Å². The summed E-state index contributed by atoms with van der Waals surface area (Å²) in [6, 6.07) is 3.47. The number of nitrogens with zero attached hydrogens (tertiary/aromatic N) is 2. The molecule has 0 unspecified atom stereocenters. The van der Waals surface area contributed by atoms with Crippen molar-refractivity contribution in [3.63, 3.8) is 0 Å². The number of carboxylic acid groups (broad SMARTS) is 1. The molecule has 0 saturated carbocycles. The van der Waals surface area contributed by atoms with Crippen LogP contribution >= 0.6 is 0 Å². The number of hydrogen-bond acceptors (Lipinski definition) is 3. The van der Waals surface area contributed by atoms with Gasteiger partial charge in [-0.05, 0) is 19.1 Å². The Labute approximate surface area is 97.8 Å². The van der Waals surface area contributed by atoms with Gasteiger partial charge in [-0.1, -0.05) is 0 Å². The summed E-state index contributed by atoms with van der Waals surface area (Å²) >= 11 is 0. The number of anilines is 1. The quantitative estimate of drug-likeness (QED) is 0.854. The van der Waals surface area contributed by atoms with Crippen LogP contribution in [0.2, 0.25) is 0 Å². The summed E-state index contributed by atoms with van der Waals surface area (Å²) in [6.45, 7) is 2.65. The molecule has 0 radical (unpaired) electrons. The van der Waals surface area contributed by atoms with E-state index in [9.17, 15) is 4.79 Å².